The Hall–Kier alpha value is -6.16. The number of thiophene rings is 1. The van der Waals surface area contributed by atoms with Gasteiger partial charge in [0.15, 0.2) is 0 Å². The van der Waals surface area contributed by atoms with Crippen molar-refractivity contribution in [1.82, 2.24) is 9.13 Å². The molecule has 0 unspecified atom stereocenters. The van der Waals surface area contributed by atoms with E-state index in [2.05, 4.69) is 179 Å². The van der Waals surface area contributed by atoms with Crippen LogP contribution in [0.4, 0.5) is 0 Å². The van der Waals surface area contributed by atoms with E-state index in [1.165, 1.54) is 91.4 Å². The molecular formula is C46H28N2S. The Balaban J connectivity index is 1.37. The summed E-state index contributed by atoms with van der Waals surface area (Å²) in [7, 11) is 0. The van der Waals surface area contributed by atoms with Gasteiger partial charge >= 0.3 is 0 Å². The topological polar surface area (TPSA) is 9.86 Å². The zero-order valence-corrected chi connectivity index (χ0v) is 27.3. The van der Waals surface area contributed by atoms with E-state index in [-0.39, 0.29) is 0 Å². The van der Waals surface area contributed by atoms with Crippen LogP contribution in [-0.2, 0) is 0 Å². The summed E-state index contributed by atoms with van der Waals surface area (Å²) in [5.74, 6) is 0. The third-order valence-corrected chi connectivity index (χ3v) is 11.5. The fourth-order valence-corrected chi connectivity index (χ4v) is 9.41. The van der Waals surface area contributed by atoms with E-state index < -0.39 is 0 Å². The van der Waals surface area contributed by atoms with Crippen LogP contribution in [0.3, 0.4) is 0 Å². The van der Waals surface area contributed by atoms with Gasteiger partial charge in [-0.15, -0.1) is 11.3 Å². The van der Waals surface area contributed by atoms with E-state index in [1.54, 1.807) is 0 Å². The first kappa shape index (κ1) is 26.9. The van der Waals surface area contributed by atoms with E-state index >= 15 is 0 Å². The second-order valence-electron chi connectivity index (χ2n) is 12.9. The summed E-state index contributed by atoms with van der Waals surface area (Å²) in [5.41, 5.74) is 9.71. The zero-order valence-electron chi connectivity index (χ0n) is 26.5. The third-order valence-electron chi connectivity index (χ3n) is 10.3. The number of nitrogens with zero attached hydrogens (tertiary/aromatic N) is 2. The molecule has 0 aliphatic heterocycles. The first-order valence-electron chi connectivity index (χ1n) is 16.8. The Morgan fingerprint density at radius 3 is 1.96 bits per heavy atom. The van der Waals surface area contributed by atoms with Crippen LogP contribution in [0.1, 0.15) is 0 Å². The highest BCUT2D eigenvalue weighted by atomic mass is 32.1. The van der Waals surface area contributed by atoms with E-state index in [9.17, 15) is 0 Å². The lowest BCUT2D eigenvalue weighted by Crippen LogP contribution is -1.95. The van der Waals surface area contributed by atoms with Crippen molar-refractivity contribution >= 4 is 85.9 Å². The lowest BCUT2D eigenvalue weighted by Gasteiger charge is -2.11. The molecule has 11 aromatic rings. The Morgan fingerprint density at radius 1 is 0.388 bits per heavy atom. The van der Waals surface area contributed by atoms with Crippen LogP contribution >= 0.6 is 11.3 Å². The molecule has 0 aliphatic rings. The third kappa shape index (κ3) is 3.76. The van der Waals surface area contributed by atoms with Crippen molar-refractivity contribution in [2.45, 2.75) is 0 Å². The Morgan fingerprint density at radius 2 is 1.08 bits per heavy atom. The maximum atomic E-state index is 2.52. The zero-order chi connectivity index (χ0) is 32.1. The molecule has 0 aliphatic carbocycles. The number of hydrogen-bond acceptors (Lipinski definition) is 1. The van der Waals surface area contributed by atoms with E-state index in [0.717, 1.165) is 5.69 Å². The van der Waals surface area contributed by atoms with Crippen LogP contribution in [0.25, 0.3) is 97.1 Å². The predicted octanol–water partition coefficient (Wildman–Crippen LogP) is 13.1. The fourth-order valence-electron chi connectivity index (χ4n) is 8.20. The molecule has 228 valence electrons. The van der Waals surface area contributed by atoms with Crippen LogP contribution in [-0.4, -0.2) is 9.13 Å². The van der Waals surface area contributed by atoms with Crippen LogP contribution < -0.4 is 0 Å². The number of fused-ring (bicyclic) bond motifs is 12. The lowest BCUT2D eigenvalue weighted by atomic mass is 10.0. The molecule has 3 heterocycles. The van der Waals surface area contributed by atoms with E-state index in [1.807, 2.05) is 11.3 Å². The van der Waals surface area contributed by atoms with Gasteiger partial charge in [-0.2, -0.15) is 0 Å². The summed E-state index contributed by atoms with van der Waals surface area (Å²) in [4.78, 5) is 0. The van der Waals surface area contributed by atoms with Crippen LogP contribution in [0.5, 0.6) is 0 Å². The molecule has 0 fully saturated rings. The molecule has 0 bridgehead atoms. The molecule has 0 amide bonds. The molecular weight excluding hydrogens is 613 g/mol. The van der Waals surface area contributed by atoms with Gasteiger partial charge in [0.25, 0.3) is 0 Å². The molecule has 0 atom stereocenters. The normalized spacial score (nSPS) is 12.1. The minimum absolute atomic E-state index is 1.16. The molecule has 0 N–H and O–H groups in total. The number of benzene rings is 8. The second kappa shape index (κ2) is 10.2. The molecule has 3 heteroatoms. The van der Waals surface area contributed by atoms with Gasteiger partial charge in [0, 0.05) is 42.7 Å². The largest absolute Gasteiger partial charge is 0.309 e. The fraction of sp³-hybridized carbons (Fsp3) is 0. The highest BCUT2D eigenvalue weighted by Crippen LogP contribution is 2.46. The van der Waals surface area contributed by atoms with Crippen molar-refractivity contribution < 1.29 is 0 Å². The summed E-state index contributed by atoms with van der Waals surface area (Å²) in [6.07, 6.45) is 0. The van der Waals surface area contributed by atoms with Crippen molar-refractivity contribution in [3.05, 3.63) is 170 Å². The maximum Gasteiger partial charge on any atom is 0.0641 e. The Kier molecular flexibility index (Phi) is 5.57. The highest BCUT2D eigenvalue weighted by Gasteiger charge is 2.23. The van der Waals surface area contributed by atoms with Gasteiger partial charge in [-0.1, -0.05) is 121 Å². The average Bonchev–Trinajstić information content (AvgIpc) is 3.83. The van der Waals surface area contributed by atoms with Crippen LogP contribution in [0, 0.1) is 0 Å². The number of para-hydroxylation sites is 1. The summed E-state index contributed by atoms with van der Waals surface area (Å²) in [5, 5.41) is 10.2. The van der Waals surface area contributed by atoms with Crippen molar-refractivity contribution in [3.63, 3.8) is 0 Å². The Labute approximate surface area is 286 Å². The quantitative estimate of drug-likeness (QED) is 0.182. The van der Waals surface area contributed by atoms with Crippen molar-refractivity contribution in [2.75, 3.05) is 0 Å². The minimum atomic E-state index is 1.16. The summed E-state index contributed by atoms with van der Waals surface area (Å²) in [6.45, 7) is 0. The molecule has 11 rings (SSSR count). The average molecular weight is 641 g/mol. The standard InChI is InChI=1S/C46H28N2S/c1-3-12-29(13-4-1)31-23-25-38-37(28-31)44-40(48(38)41-20-11-19-35-34-18-9-10-21-42(34)49-46(35)41)27-24-36-43-33-17-8-7-14-30(33)22-26-39(43)47(45(36)44)32-15-5-2-6-16-32/h1-28H. The molecule has 0 spiro atoms. The van der Waals surface area contributed by atoms with Crippen LogP contribution in [0.2, 0.25) is 0 Å². The molecule has 0 radical (unpaired) electrons. The molecule has 3 aromatic heterocycles. The first-order valence-corrected chi connectivity index (χ1v) is 17.6. The van der Waals surface area contributed by atoms with Gasteiger partial charge in [-0.05, 0) is 70.4 Å². The number of aromatic nitrogens is 2. The van der Waals surface area contributed by atoms with Gasteiger partial charge in [0.1, 0.15) is 0 Å². The van der Waals surface area contributed by atoms with Gasteiger partial charge in [-0.3, -0.25) is 0 Å². The Bertz CT molecular complexity index is 3090. The van der Waals surface area contributed by atoms with Gasteiger partial charge < -0.3 is 9.13 Å². The van der Waals surface area contributed by atoms with Gasteiger partial charge in [0.2, 0.25) is 0 Å². The van der Waals surface area contributed by atoms with Gasteiger partial charge in [0.05, 0.1) is 32.5 Å². The molecule has 8 aromatic carbocycles. The second-order valence-corrected chi connectivity index (χ2v) is 13.9. The lowest BCUT2D eigenvalue weighted by molar-refractivity contribution is 1.18. The van der Waals surface area contributed by atoms with Gasteiger partial charge in [-0.25, -0.2) is 0 Å². The number of hydrogen-bond donors (Lipinski definition) is 0. The molecule has 49 heavy (non-hydrogen) atoms. The first-order chi connectivity index (χ1) is 24.3. The predicted molar refractivity (Wildman–Crippen MR) is 211 cm³/mol. The smallest absolute Gasteiger partial charge is 0.0641 e. The summed E-state index contributed by atoms with van der Waals surface area (Å²) in [6, 6.07) is 62.3. The van der Waals surface area contributed by atoms with E-state index in [4.69, 9.17) is 0 Å². The molecule has 0 saturated heterocycles. The summed E-state index contributed by atoms with van der Waals surface area (Å²) >= 11 is 1.89. The number of rotatable bonds is 3. The van der Waals surface area contributed by atoms with Crippen molar-refractivity contribution in [3.8, 4) is 22.5 Å². The monoisotopic (exact) mass is 640 g/mol. The highest BCUT2D eigenvalue weighted by molar-refractivity contribution is 7.26. The maximum absolute atomic E-state index is 2.52. The van der Waals surface area contributed by atoms with Crippen LogP contribution in [0.15, 0.2) is 170 Å². The molecule has 2 nitrogen and oxygen atoms in total. The minimum Gasteiger partial charge on any atom is -0.309 e. The van der Waals surface area contributed by atoms with Crippen molar-refractivity contribution in [1.29, 1.82) is 0 Å². The SMILES string of the molecule is c1ccc(-c2ccc3c(c2)c2c(ccc4c5c6ccccc6ccc5n(-c5ccccc5)c42)n3-c2cccc3c2sc2ccccc23)cc1. The summed E-state index contributed by atoms with van der Waals surface area (Å²) < 4.78 is 7.64. The van der Waals surface area contributed by atoms with Crippen molar-refractivity contribution in [2.24, 2.45) is 0 Å². The molecule has 0 saturated carbocycles. The van der Waals surface area contributed by atoms with E-state index in [0.29, 0.717) is 0 Å².